The van der Waals surface area contributed by atoms with Crippen LogP contribution in [0, 0.1) is 0 Å². The van der Waals surface area contributed by atoms with Crippen molar-refractivity contribution in [2.24, 2.45) is 0 Å². The third-order valence-electron chi connectivity index (χ3n) is 3.61. The van der Waals surface area contributed by atoms with Gasteiger partial charge in [-0.2, -0.15) is 13.2 Å². The first-order chi connectivity index (χ1) is 9.89. The molecular weight excluding hydrogens is 324 g/mol. The van der Waals surface area contributed by atoms with Gasteiger partial charge in [0.25, 0.3) is 0 Å². The number of ether oxygens (including phenoxy) is 1. The summed E-state index contributed by atoms with van der Waals surface area (Å²) in [6.45, 7) is 0.961. The summed E-state index contributed by atoms with van der Waals surface area (Å²) in [5.41, 5.74) is -0.448. The van der Waals surface area contributed by atoms with E-state index in [-0.39, 0.29) is 19.6 Å². The Bertz CT molecular complexity index is 399. The summed E-state index contributed by atoms with van der Waals surface area (Å²) in [4.78, 5) is 10.8. The molecule has 0 aliphatic carbocycles. The molecule has 2 N–H and O–H groups in total. The number of carboxylic acids is 1. The standard InChI is InChI=1S/C9H14F3NO2.C2HF3O2/c10-9(11,12)15-7-4-8(6-14)2-1-3-13(8)5-7;3-2(4,5)1(6)7/h7,14H,1-6H2;(H,6,7)/t7-,8+;/m0./s1. The maximum absolute atomic E-state index is 12.0. The molecule has 0 unspecified atom stereocenters. The second-order valence-corrected chi connectivity index (χ2v) is 5.12. The highest BCUT2D eigenvalue weighted by atomic mass is 19.4. The normalized spacial score (nSPS) is 29.0. The molecule has 2 atom stereocenters. The van der Waals surface area contributed by atoms with Gasteiger partial charge in [-0.15, -0.1) is 13.2 Å². The van der Waals surface area contributed by atoms with Gasteiger partial charge in [0.15, 0.2) is 0 Å². The van der Waals surface area contributed by atoms with Gasteiger partial charge in [0, 0.05) is 12.1 Å². The number of alkyl halides is 6. The summed E-state index contributed by atoms with van der Waals surface area (Å²) in [5.74, 6) is -2.76. The van der Waals surface area contributed by atoms with Gasteiger partial charge in [0.05, 0.1) is 12.7 Å². The Kier molecular flexibility index (Phi) is 5.68. The van der Waals surface area contributed by atoms with E-state index < -0.39 is 30.2 Å². The molecule has 0 aromatic rings. The summed E-state index contributed by atoms with van der Waals surface area (Å²) in [6, 6.07) is 0. The second kappa shape index (κ2) is 6.59. The number of aliphatic hydroxyl groups excluding tert-OH is 1. The lowest BCUT2D eigenvalue weighted by atomic mass is 9.94. The van der Waals surface area contributed by atoms with Crippen molar-refractivity contribution in [3.8, 4) is 0 Å². The molecule has 5 nitrogen and oxygen atoms in total. The molecule has 0 radical (unpaired) electrons. The molecule has 2 fully saturated rings. The maximum atomic E-state index is 12.0. The zero-order valence-electron chi connectivity index (χ0n) is 11.2. The Labute approximate surface area is 121 Å². The fraction of sp³-hybridized carbons (Fsp3) is 0.909. The van der Waals surface area contributed by atoms with Crippen molar-refractivity contribution in [2.45, 2.75) is 43.4 Å². The minimum atomic E-state index is -5.08. The Morgan fingerprint density at radius 1 is 1.27 bits per heavy atom. The maximum Gasteiger partial charge on any atom is 0.522 e. The molecule has 2 saturated heterocycles. The van der Waals surface area contributed by atoms with E-state index in [1.165, 1.54) is 0 Å². The van der Waals surface area contributed by atoms with Crippen molar-refractivity contribution in [3.05, 3.63) is 0 Å². The smallest absolute Gasteiger partial charge is 0.475 e. The number of fused-ring (bicyclic) bond motifs is 1. The van der Waals surface area contributed by atoms with Crippen LogP contribution in [0.25, 0.3) is 0 Å². The zero-order chi connectivity index (χ0) is 17.2. The molecule has 0 aromatic heterocycles. The van der Waals surface area contributed by atoms with Crippen molar-refractivity contribution in [2.75, 3.05) is 19.7 Å². The lowest BCUT2D eigenvalue weighted by molar-refractivity contribution is -0.340. The quantitative estimate of drug-likeness (QED) is 0.750. The number of aliphatic carboxylic acids is 1. The van der Waals surface area contributed by atoms with Crippen LogP contribution in [0.3, 0.4) is 0 Å². The molecule has 0 bridgehead atoms. The average molecular weight is 339 g/mol. The Morgan fingerprint density at radius 3 is 2.18 bits per heavy atom. The van der Waals surface area contributed by atoms with Gasteiger partial charge >= 0.3 is 18.5 Å². The highest BCUT2D eigenvalue weighted by molar-refractivity contribution is 5.73. The van der Waals surface area contributed by atoms with E-state index in [1.54, 1.807) is 0 Å². The van der Waals surface area contributed by atoms with Gasteiger partial charge in [-0.3, -0.25) is 9.64 Å². The van der Waals surface area contributed by atoms with Crippen LogP contribution in [-0.2, 0) is 9.53 Å². The average Bonchev–Trinajstić information content (AvgIpc) is 2.82. The first-order valence-corrected chi connectivity index (χ1v) is 6.30. The molecule has 2 rings (SSSR count). The highest BCUT2D eigenvalue weighted by Gasteiger charge is 2.50. The van der Waals surface area contributed by atoms with Crippen molar-refractivity contribution in [3.63, 3.8) is 0 Å². The monoisotopic (exact) mass is 339 g/mol. The predicted octanol–water partition coefficient (Wildman–Crippen LogP) is 1.76. The van der Waals surface area contributed by atoms with E-state index in [0.717, 1.165) is 19.4 Å². The molecular formula is C11H15F6NO4. The van der Waals surface area contributed by atoms with Crippen LogP contribution in [0.1, 0.15) is 19.3 Å². The SMILES string of the molecule is O=C(O)C(F)(F)F.OC[C@]12CCCN1C[C@@H](OC(F)(F)F)C2. The third-order valence-corrected chi connectivity index (χ3v) is 3.61. The molecule has 0 amide bonds. The van der Waals surface area contributed by atoms with Gasteiger partial charge in [-0.25, -0.2) is 4.79 Å². The molecule has 0 saturated carbocycles. The minimum Gasteiger partial charge on any atom is -0.475 e. The zero-order valence-corrected chi connectivity index (χ0v) is 11.2. The van der Waals surface area contributed by atoms with Crippen LogP contribution >= 0.6 is 0 Å². The number of rotatable bonds is 2. The van der Waals surface area contributed by atoms with E-state index in [2.05, 4.69) is 4.74 Å². The van der Waals surface area contributed by atoms with E-state index in [0.29, 0.717) is 0 Å². The minimum absolute atomic E-state index is 0.0787. The van der Waals surface area contributed by atoms with Crippen molar-refractivity contribution >= 4 is 5.97 Å². The van der Waals surface area contributed by atoms with E-state index in [9.17, 15) is 31.4 Å². The number of nitrogens with zero attached hydrogens (tertiary/aromatic N) is 1. The highest BCUT2D eigenvalue weighted by Crippen LogP contribution is 2.40. The van der Waals surface area contributed by atoms with Crippen molar-refractivity contribution < 1.29 is 46.1 Å². The molecule has 2 heterocycles. The van der Waals surface area contributed by atoms with Crippen LogP contribution in [0.4, 0.5) is 26.3 Å². The van der Waals surface area contributed by atoms with Gasteiger partial charge in [0.1, 0.15) is 0 Å². The topological polar surface area (TPSA) is 70.0 Å². The largest absolute Gasteiger partial charge is 0.522 e. The summed E-state index contributed by atoms with van der Waals surface area (Å²) in [7, 11) is 0. The predicted molar refractivity (Wildman–Crippen MR) is 59.9 cm³/mol. The fourth-order valence-corrected chi connectivity index (χ4v) is 2.76. The number of carboxylic acid groups (broad SMARTS) is 1. The van der Waals surface area contributed by atoms with E-state index >= 15 is 0 Å². The van der Waals surface area contributed by atoms with Gasteiger partial charge in [-0.1, -0.05) is 0 Å². The molecule has 22 heavy (non-hydrogen) atoms. The number of aliphatic hydroxyl groups is 1. The summed E-state index contributed by atoms with van der Waals surface area (Å²) >= 11 is 0. The summed E-state index contributed by atoms with van der Waals surface area (Å²) in [6.07, 6.45) is -8.48. The number of carbonyl (C=O) groups is 1. The Hall–Kier alpha value is -1.07. The van der Waals surface area contributed by atoms with Crippen molar-refractivity contribution in [1.29, 1.82) is 0 Å². The molecule has 130 valence electrons. The van der Waals surface area contributed by atoms with Crippen LogP contribution in [0.5, 0.6) is 0 Å². The van der Waals surface area contributed by atoms with Crippen molar-refractivity contribution in [1.82, 2.24) is 4.90 Å². The molecule has 11 heteroatoms. The molecule has 0 spiro atoms. The van der Waals surface area contributed by atoms with Crippen LogP contribution in [0.2, 0.25) is 0 Å². The van der Waals surface area contributed by atoms with Crippen LogP contribution < -0.4 is 0 Å². The number of hydrogen-bond acceptors (Lipinski definition) is 4. The summed E-state index contributed by atoms with van der Waals surface area (Å²) in [5, 5.41) is 16.4. The first-order valence-electron chi connectivity index (χ1n) is 6.30. The van der Waals surface area contributed by atoms with E-state index in [4.69, 9.17) is 9.90 Å². The third kappa shape index (κ3) is 4.99. The molecule has 2 aliphatic rings. The van der Waals surface area contributed by atoms with Gasteiger partial charge in [-0.05, 0) is 25.8 Å². The Morgan fingerprint density at radius 2 is 1.82 bits per heavy atom. The lowest BCUT2D eigenvalue weighted by Gasteiger charge is -2.28. The second-order valence-electron chi connectivity index (χ2n) is 5.12. The van der Waals surface area contributed by atoms with Crippen LogP contribution in [-0.4, -0.2) is 65.0 Å². The number of halogens is 6. The summed E-state index contributed by atoms with van der Waals surface area (Å²) < 4.78 is 71.8. The number of hydrogen-bond donors (Lipinski definition) is 2. The van der Waals surface area contributed by atoms with Crippen LogP contribution in [0.15, 0.2) is 0 Å². The Balaban J connectivity index is 0.000000295. The first kappa shape index (κ1) is 19.0. The molecule has 0 aromatic carbocycles. The van der Waals surface area contributed by atoms with Gasteiger partial charge in [0.2, 0.25) is 0 Å². The van der Waals surface area contributed by atoms with Gasteiger partial charge < -0.3 is 10.2 Å². The fourth-order valence-electron chi connectivity index (χ4n) is 2.76. The lowest BCUT2D eigenvalue weighted by Crippen LogP contribution is -2.41. The van der Waals surface area contributed by atoms with E-state index in [1.807, 2.05) is 4.90 Å². The molecule has 2 aliphatic heterocycles.